The average Bonchev–Trinajstić information content (AvgIpc) is 2.67. The van der Waals surface area contributed by atoms with Gasteiger partial charge >= 0.3 is 0 Å². The van der Waals surface area contributed by atoms with Crippen molar-refractivity contribution in [1.29, 1.82) is 0 Å². The Hall–Kier alpha value is -2.02. The second-order valence-corrected chi connectivity index (χ2v) is 9.46. The maximum atomic E-state index is 12.8. The number of amides is 1. The van der Waals surface area contributed by atoms with Crippen molar-refractivity contribution >= 4 is 21.7 Å². The fourth-order valence-electron chi connectivity index (χ4n) is 3.46. The first-order valence-electron chi connectivity index (χ1n) is 9.68. The second kappa shape index (κ2) is 8.38. The summed E-state index contributed by atoms with van der Waals surface area (Å²) in [4.78, 5) is 21.2. The first-order chi connectivity index (χ1) is 13.7. The minimum atomic E-state index is -3.20. The van der Waals surface area contributed by atoms with Gasteiger partial charge in [0, 0.05) is 25.2 Å². The van der Waals surface area contributed by atoms with Crippen LogP contribution in [0, 0.1) is 0 Å². The van der Waals surface area contributed by atoms with E-state index in [9.17, 15) is 13.2 Å². The minimum Gasteiger partial charge on any atom is -0.480 e. The molecule has 1 amide bonds. The summed E-state index contributed by atoms with van der Waals surface area (Å²) < 4.78 is 30.0. The van der Waals surface area contributed by atoms with E-state index >= 15 is 0 Å². The van der Waals surface area contributed by atoms with Crippen molar-refractivity contribution in [3.8, 4) is 5.88 Å². The van der Waals surface area contributed by atoms with Crippen LogP contribution >= 0.6 is 0 Å². The number of sulfonamides is 1. The highest BCUT2D eigenvalue weighted by molar-refractivity contribution is 7.88. The van der Waals surface area contributed by atoms with Crippen LogP contribution in [-0.4, -0.2) is 73.0 Å². The van der Waals surface area contributed by atoms with Crippen molar-refractivity contribution in [2.24, 2.45) is 0 Å². The van der Waals surface area contributed by atoms with Gasteiger partial charge in [-0.05, 0) is 26.2 Å². The predicted molar refractivity (Wildman–Crippen MR) is 108 cm³/mol. The van der Waals surface area contributed by atoms with Crippen LogP contribution in [0.15, 0.2) is 6.20 Å². The van der Waals surface area contributed by atoms with Gasteiger partial charge in [-0.15, -0.1) is 0 Å². The van der Waals surface area contributed by atoms with Gasteiger partial charge in [0.1, 0.15) is 0 Å². The van der Waals surface area contributed by atoms with Gasteiger partial charge in [-0.3, -0.25) is 15.4 Å². The fraction of sp³-hybridized carbons (Fsp3) is 0.706. The molecule has 2 aliphatic heterocycles. The van der Waals surface area contributed by atoms with Crippen LogP contribution in [0.2, 0.25) is 0 Å². The van der Waals surface area contributed by atoms with Gasteiger partial charge in [-0.1, -0.05) is 6.92 Å². The molecule has 3 rings (SSSR count). The van der Waals surface area contributed by atoms with Crippen LogP contribution in [0.4, 0.5) is 5.82 Å². The highest BCUT2D eigenvalue weighted by atomic mass is 32.2. The Kier molecular flexibility index (Phi) is 6.27. The summed E-state index contributed by atoms with van der Waals surface area (Å²) in [7, 11) is -1.74. The number of carbonyl (C=O) groups is 1. The molecule has 1 aromatic rings. The Morgan fingerprint density at radius 3 is 2.66 bits per heavy atom. The van der Waals surface area contributed by atoms with Crippen molar-refractivity contribution in [2.75, 3.05) is 31.8 Å². The number of hydrogen-bond donors (Lipinski definition) is 4. The lowest BCUT2D eigenvalue weighted by atomic mass is 10.1. The Morgan fingerprint density at radius 1 is 1.38 bits per heavy atom. The summed E-state index contributed by atoms with van der Waals surface area (Å²) in [5.41, 5.74) is 0.152. The smallest absolute Gasteiger partial charge is 0.277 e. The van der Waals surface area contributed by atoms with E-state index in [1.165, 1.54) is 23.9 Å². The molecule has 29 heavy (non-hydrogen) atoms. The lowest BCUT2D eigenvalue weighted by Gasteiger charge is -2.45. The fourth-order valence-corrected chi connectivity index (χ4v) is 4.33. The molecule has 2 aliphatic rings. The largest absolute Gasteiger partial charge is 0.480 e. The average molecular weight is 428 g/mol. The molecule has 1 fully saturated rings. The summed E-state index contributed by atoms with van der Waals surface area (Å²) in [5, 5.41) is 13.0. The van der Waals surface area contributed by atoms with Gasteiger partial charge in [0.25, 0.3) is 5.91 Å². The molecular formula is C17H29N7O4S. The second-order valence-electron chi connectivity index (χ2n) is 7.47. The number of aromatic nitrogens is 2. The SMILES string of the molecule is CCC(C)NC1(NC2CCN(S(C)(=O)=O)CC2)NC(=O)c2nc(OC)cnc2N1. The molecule has 1 aromatic heterocycles. The molecular weight excluding hydrogens is 398 g/mol. The zero-order valence-corrected chi connectivity index (χ0v) is 18.0. The number of fused-ring (bicyclic) bond motifs is 1. The third-order valence-electron chi connectivity index (χ3n) is 5.20. The molecule has 3 heterocycles. The summed E-state index contributed by atoms with van der Waals surface area (Å²) in [6.45, 7) is 4.91. The van der Waals surface area contributed by atoms with E-state index in [1.807, 2.05) is 13.8 Å². The van der Waals surface area contributed by atoms with Gasteiger partial charge in [0.05, 0.1) is 19.6 Å². The first-order valence-corrected chi connectivity index (χ1v) is 11.5. The van der Waals surface area contributed by atoms with E-state index in [1.54, 1.807) is 0 Å². The number of rotatable bonds is 7. The highest BCUT2D eigenvalue weighted by Gasteiger charge is 2.42. The Labute approximate surface area is 171 Å². The van der Waals surface area contributed by atoms with Crippen LogP contribution in [0.1, 0.15) is 43.6 Å². The molecule has 0 aromatic carbocycles. The zero-order valence-electron chi connectivity index (χ0n) is 17.2. The van der Waals surface area contributed by atoms with E-state index < -0.39 is 15.9 Å². The van der Waals surface area contributed by atoms with Crippen LogP contribution in [0.3, 0.4) is 0 Å². The van der Waals surface area contributed by atoms with Crippen LogP contribution in [0.25, 0.3) is 0 Å². The van der Waals surface area contributed by atoms with Crippen LogP contribution in [-0.2, 0) is 10.0 Å². The maximum absolute atomic E-state index is 12.8. The zero-order chi connectivity index (χ0) is 21.2. The van der Waals surface area contributed by atoms with Crippen molar-refractivity contribution in [3.63, 3.8) is 0 Å². The van der Waals surface area contributed by atoms with E-state index in [-0.39, 0.29) is 29.6 Å². The molecule has 0 radical (unpaired) electrons. The number of anilines is 1. The van der Waals surface area contributed by atoms with Crippen molar-refractivity contribution in [2.45, 2.75) is 51.1 Å². The molecule has 2 unspecified atom stereocenters. The van der Waals surface area contributed by atoms with Crippen LogP contribution < -0.4 is 26.0 Å². The van der Waals surface area contributed by atoms with Gasteiger partial charge in [-0.25, -0.2) is 22.7 Å². The van der Waals surface area contributed by atoms with Crippen molar-refractivity contribution < 1.29 is 17.9 Å². The number of carbonyl (C=O) groups excluding carboxylic acids is 1. The van der Waals surface area contributed by atoms with Gasteiger partial charge in [0.15, 0.2) is 11.5 Å². The monoisotopic (exact) mass is 427 g/mol. The molecule has 4 N–H and O–H groups in total. The van der Waals surface area contributed by atoms with E-state index in [2.05, 4.69) is 31.2 Å². The number of hydrogen-bond acceptors (Lipinski definition) is 9. The normalized spacial score (nSPS) is 24.3. The maximum Gasteiger partial charge on any atom is 0.277 e. The molecule has 11 nitrogen and oxygen atoms in total. The Bertz CT molecular complexity index is 857. The molecule has 12 heteroatoms. The van der Waals surface area contributed by atoms with Crippen molar-refractivity contribution in [3.05, 3.63) is 11.9 Å². The standard InChI is InChI=1S/C17H29N7O4S/c1-5-11(2)20-17(21-12-6-8-24(9-7-12)29(4,26)27)22-15-14(16(25)23-17)19-13(28-3)10-18-15/h10-12,20-21H,5-9H2,1-4H3,(H,18,22)(H,23,25). The molecule has 162 valence electrons. The summed E-state index contributed by atoms with van der Waals surface area (Å²) in [5.74, 6) is -0.918. The third-order valence-corrected chi connectivity index (χ3v) is 6.50. The van der Waals surface area contributed by atoms with Gasteiger partial charge in [0.2, 0.25) is 21.8 Å². The Balaban J connectivity index is 1.81. The minimum absolute atomic E-state index is 0.00915. The lowest BCUT2D eigenvalue weighted by molar-refractivity contribution is 0.0797. The summed E-state index contributed by atoms with van der Waals surface area (Å²) >= 11 is 0. The highest BCUT2D eigenvalue weighted by Crippen LogP contribution is 2.23. The van der Waals surface area contributed by atoms with Gasteiger partial charge in [-0.2, -0.15) is 0 Å². The number of nitrogens with zero attached hydrogens (tertiary/aromatic N) is 3. The number of piperidine rings is 1. The van der Waals surface area contributed by atoms with E-state index in [0.717, 1.165) is 6.42 Å². The molecule has 0 saturated carbocycles. The van der Waals surface area contributed by atoms with E-state index in [4.69, 9.17) is 4.74 Å². The molecule has 0 aliphatic carbocycles. The molecule has 0 bridgehead atoms. The number of nitrogens with one attached hydrogen (secondary N) is 4. The predicted octanol–water partition coefficient (Wildman–Crippen LogP) is -0.346. The van der Waals surface area contributed by atoms with Crippen LogP contribution in [0.5, 0.6) is 5.88 Å². The van der Waals surface area contributed by atoms with Gasteiger partial charge < -0.3 is 15.4 Å². The third kappa shape index (κ3) is 4.94. The number of methoxy groups -OCH3 is 1. The summed E-state index contributed by atoms with van der Waals surface area (Å²) in [6, 6.07) is 0.0734. The topological polar surface area (TPSA) is 138 Å². The number of ether oxygens (including phenoxy) is 1. The lowest BCUT2D eigenvalue weighted by Crippen LogP contribution is -2.77. The first kappa shape index (κ1) is 21.7. The quantitative estimate of drug-likeness (QED) is 0.430. The summed E-state index contributed by atoms with van der Waals surface area (Å²) in [6.07, 6.45) is 4.75. The Morgan fingerprint density at radius 2 is 2.07 bits per heavy atom. The molecule has 0 spiro atoms. The van der Waals surface area contributed by atoms with E-state index in [0.29, 0.717) is 31.7 Å². The van der Waals surface area contributed by atoms with Crippen molar-refractivity contribution in [1.82, 2.24) is 30.2 Å². The molecule has 2 atom stereocenters. The molecule has 1 saturated heterocycles.